The first-order valence-electron chi connectivity index (χ1n) is 4.82. The molecule has 2 heterocycles. The van der Waals surface area contributed by atoms with Crippen molar-refractivity contribution in [2.75, 3.05) is 5.43 Å². The average Bonchev–Trinajstić information content (AvgIpc) is 2.86. The van der Waals surface area contributed by atoms with Crippen molar-refractivity contribution in [2.24, 2.45) is 0 Å². The maximum absolute atomic E-state index is 11.6. The Bertz CT molecular complexity index is 525. The van der Waals surface area contributed by atoms with Crippen LogP contribution in [0.15, 0.2) is 36.5 Å². The molecular formula is C11H9N3O2S. The third-order valence-electron chi connectivity index (χ3n) is 1.94. The Kier molecular flexibility index (Phi) is 3.46. The summed E-state index contributed by atoms with van der Waals surface area (Å²) in [7, 11) is 0. The van der Waals surface area contributed by atoms with Crippen LogP contribution < -0.4 is 10.9 Å². The van der Waals surface area contributed by atoms with Crippen LogP contribution in [0.4, 0.5) is 5.82 Å². The molecule has 2 N–H and O–H groups in total. The number of carbonyl (C=O) groups excluding carboxylic acids is 2. The van der Waals surface area contributed by atoms with Crippen molar-refractivity contribution in [3.63, 3.8) is 0 Å². The second-order valence-corrected chi connectivity index (χ2v) is 4.23. The molecule has 86 valence electrons. The topological polar surface area (TPSA) is 71.1 Å². The first-order valence-corrected chi connectivity index (χ1v) is 5.63. The van der Waals surface area contributed by atoms with Crippen LogP contribution in [-0.4, -0.2) is 17.2 Å². The van der Waals surface area contributed by atoms with Gasteiger partial charge in [-0.05, 0) is 24.3 Å². The van der Waals surface area contributed by atoms with Crippen molar-refractivity contribution >= 4 is 29.3 Å². The van der Waals surface area contributed by atoms with Gasteiger partial charge in [0.05, 0.1) is 9.75 Å². The molecule has 0 fully saturated rings. The van der Waals surface area contributed by atoms with Crippen LogP contribution in [0.3, 0.4) is 0 Å². The van der Waals surface area contributed by atoms with E-state index in [0.29, 0.717) is 21.9 Å². The number of nitrogens with zero attached hydrogens (tertiary/aromatic N) is 1. The molecule has 17 heavy (non-hydrogen) atoms. The summed E-state index contributed by atoms with van der Waals surface area (Å²) in [5.41, 5.74) is 5.17. The maximum atomic E-state index is 11.6. The van der Waals surface area contributed by atoms with E-state index >= 15 is 0 Å². The van der Waals surface area contributed by atoms with Gasteiger partial charge < -0.3 is 0 Å². The van der Waals surface area contributed by atoms with Gasteiger partial charge in [-0.15, -0.1) is 11.3 Å². The largest absolute Gasteiger partial charge is 0.297 e. The van der Waals surface area contributed by atoms with Crippen molar-refractivity contribution in [1.82, 2.24) is 10.4 Å². The fraction of sp³-hybridized carbons (Fsp3) is 0. The number of aldehydes is 1. The molecule has 0 aliphatic rings. The number of hydrogen-bond donors (Lipinski definition) is 2. The molecule has 0 aliphatic heterocycles. The van der Waals surface area contributed by atoms with E-state index in [1.54, 1.807) is 36.5 Å². The highest BCUT2D eigenvalue weighted by Gasteiger charge is 2.08. The fourth-order valence-electron chi connectivity index (χ4n) is 1.16. The van der Waals surface area contributed by atoms with Gasteiger partial charge in [-0.3, -0.25) is 20.4 Å². The molecule has 5 nitrogen and oxygen atoms in total. The SMILES string of the molecule is O=Cc1ccc(C(=O)NNc2ccccn2)s1. The van der Waals surface area contributed by atoms with E-state index in [1.807, 2.05) is 0 Å². The van der Waals surface area contributed by atoms with Crippen molar-refractivity contribution in [3.8, 4) is 0 Å². The molecule has 0 saturated carbocycles. The van der Waals surface area contributed by atoms with E-state index in [2.05, 4.69) is 15.8 Å². The highest BCUT2D eigenvalue weighted by Crippen LogP contribution is 2.14. The molecule has 0 aliphatic carbocycles. The number of hydrazine groups is 1. The van der Waals surface area contributed by atoms with E-state index in [-0.39, 0.29) is 5.91 Å². The van der Waals surface area contributed by atoms with Gasteiger partial charge in [0, 0.05) is 6.20 Å². The average molecular weight is 247 g/mol. The molecule has 0 saturated heterocycles. The van der Waals surface area contributed by atoms with Crippen LogP contribution in [0.5, 0.6) is 0 Å². The Hall–Kier alpha value is -2.21. The number of carbonyl (C=O) groups is 2. The lowest BCUT2D eigenvalue weighted by atomic mass is 10.4. The van der Waals surface area contributed by atoms with E-state index < -0.39 is 0 Å². The maximum Gasteiger partial charge on any atom is 0.279 e. The molecule has 6 heteroatoms. The lowest BCUT2D eigenvalue weighted by molar-refractivity contribution is 0.0966. The number of anilines is 1. The summed E-state index contributed by atoms with van der Waals surface area (Å²) < 4.78 is 0. The Morgan fingerprint density at radius 2 is 2.18 bits per heavy atom. The van der Waals surface area contributed by atoms with Gasteiger partial charge in [0.1, 0.15) is 5.82 Å². The highest BCUT2D eigenvalue weighted by molar-refractivity contribution is 7.15. The summed E-state index contributed by atoms with van der Waals surface area (Å²) in [4.78, 5) is 27.1. The smallest absolute Gasteiger partial charge is 0.279 e. The molecule has 2 aromatic rings. The van der Waals surface area contributed by atoms with Gasteiger partial charge in [0.2, 0.25) is 0 Å². The summed E-state index contributed by atoms with van der Waals surface area (Å²) in [6, 6.07) is 8.52. The molecule has 0 atom stereocenters. The standard InChI is InChI=1S/C11H9N3O2S/c15-7-8-4-5-9(17-8)11(16)14-13-10-3-1-2-6-12-10/h1-7H,(H,12,13)(H,14,16). The lowest BCUT2D eigenvalue weighted by Gasteiger charge is -2.05. The summed E-state index contributed by atoms with van der Waals surface area (Å²) in [5, 5.41) is 0. The molecule has 1 amide bonds. The van der Waals surface area contributed by atoms with E-state index in [1.165, 1.54) is 0 Å². The fourth-order valence-corrected chi connectivity index (χ4v) is 1.88. The van der Waals surface area contributed by atoms with Crippen molar-refractivity contribution in [1.29, 1.82) is 0 Å². The van der Waals surface area contributed by atoms with Gasteiger partial charge in [0.15, 0.2) is 6.29 Å². The molecular weight excluding hydrogens is 238 g/mol. The van der Waals surface area contributed by atoms with Gasteiger partial charge in [-0.2, -0.15) is 0 Å². The molecule has 0 radical (unpaired) electrons. The molecule has 0 bridgehead atoms. The van der Waals surface area contributed by atoms with Crippen LogP contribution in [0.2, 0.25) is 0 Å². The minimum absolute atomic E-state index is 0.297. The quantitative estimate of drug-likeness (QED) is 0.637. The summed E-state index contributed by atoms with van der Waals surface area (Å²) >= 11 is 1.14. The number of thiophene rings is 1. The van der Waals surface area contributed by atoms with Crippen LogP contribution in [0, 0.1) is 0 Å². The second-order valence-electron chi connectivity index (χ2n) is 3.11. The van der Waals surface area contributed by atoms with E-state index in [4.69, 9.17) is 0 Å². The second kappa shape index (κ2) is 5.22. The molecule has 2 aromatic heterocycles. The first kappa shape index (κ1) is 11.3. The zero-order chi connectivity index (χ0) is 12.1. The van der Waals surface area contributed by atoms with Crippen molar-refractivity contribution < 1.29 is 9.59 Å². The van der Waals surface area contributed by atoms with Crippen LogP contribution in [0.25, 0.3) is 0 Å². The lowest BCUT2D eigenvalue weighted by Crippen LogP contribution is -2.29. The van der Waals surface area contributed by atoms with Gasteiger partial charge in [0.25, 0.3) is 5.91 Å². The molecule has 0 spiro atoms. The molecule has 0 aromatic carbocycles. The van der Waals surface area contributed by atoms with Crippen molar-refractivity contribution in [2.45, 2.75) is 0 Å². The summed E-state index contributed by atoms with van der Waals surface area (Å²) in [6.07, 6.45) is 2.33. The number of hydrogen-bond acceptors (Lipinski definition) is 5. The third-order valence-corrected chi connectivity index (χ3v) is 2.95. The Labute approximate surface area is 101 Å². The number of nitrogens with one attached hydrogen (secondary N) is 2. The number of pyridine rings is 1. The predicted octanol–water partition coefficient (Wildman–Crippen LogP) is 1.71. The van der Waals surface area contributed by atoms with Crippen LogP contribution in [-0.2, 0) is 0 Å². The minimum Gasteiger partial charge on any atom is -0.297 e. The van der Waals surface area contributed by atoms with E-state index in [0.717, 1.165) is 11.3 Å². The Balaban J connectivity index is 1.96. The van der Waals surface area contributed by atoms with Crippen LogP contribution in [0.1, 0.15) is 19.3 Å². The van der Waals surface area contributed by atoms with Gasteiger partial charge in [-0.1, -0.05) is 6.07 Å². The third kappa shape index (κ3) is 2.88. The van der Waals surface area contributed by atoms with Crippen molar-refractivity contribution in [3.05, 3.63) is 46.3 Å². The van der Waals surface area contributed by atoms with E-state index in [9.17, 15) is 9.59 Å². The Morgan fingerprint density at radius 1 is 1.29 bits per heavy atom. The normalized spacial score (nSPS) is 9.65. The van der Waals surface area contributed by atoms with Gasteiger partial charge in [-0.25, -0.2) is 4.98 Å². The predicted molar refractivity (Wildman–Crippen MR) is 65.0 cm³/mol. The summed E-state index contributed by atoms with van der Waals surface area (Å²) in [6.45, 7) is 0. The number of rotatable bonds is 4. The zero-order valence-electron chi connectivity index (χ0n) is 8.71. The summed E-state index contributed by atoms with van der Waals surface area (Å²) in [5.74, 6) is 0.252. The monoisotopic (exact) mass is 247 g/mol. The Morgan fingerprint density at radius 3 is 2.82 bits per heavy atom. The zero-order valence-corrected chi connectivity index (χ0v) is 9.53. The van der Waals surface area contributed by atoms with Crippen LogP contribution >= 0.6 is 11.3 Å². The number of amides is 1. The highest BCUT2D eigenvalue weighted by atomic mass is 32.1. The minimum atomic E-state index is -0.297. The molecule has 0 unspecified atom stereocenters. The number of aromatic nitrogens is 1. The molecule has 2 rings (SSSR count). The van der Waals surface area contributed by atoms with Gasteiger partial charge >= 0.3 is 0 Å². The first-order chi connectivity index (χ1) is 8.29.